The summed E-state index contributed by atoms with van der Waals surface area (Å²) in [5.41, 5.74) is 7.19. The van der Waals surface area contributed by atoms with E-state index in [-0.39, 0.29) is 11.6 Å². The van der Waals surface area contributed by atoms with Crippen LogP contribution >= 0.6 is 11.6 Å². The molecule has 0 spiro atoms. The minimum atomic E-state index is -0.140. The summed E-state index contributed by atoms with van der Waals surface area (Å²) < 4.78 is 5.21. The molecule has 3 nitrogen and oxygen atoms in total. The highest BCUT2D eigenvalue weighted by Crippen LogP contribution is 2.32. The van der Waals surface area contributed by atoms with Crippen molar-refractivity contribution >= 4 is 11.6 Å². The summed E-state index contributed by atoms with van der Waals surface area (Å²) in [5, 5.41) is 0.603. The van der Waals surface area contributed by atoms with E-state index in [2.05, 4.69) is 18.7 Å². The zero-order valence-corrected chi connectivity index (χ0v) is 11.9. The molecule has 0 aliphatic rings. The fourth-order valence-corrected chi connectivity index (χ4v) is 1.75. The van der Waals surface area contributed by atoms with Crippen LogP contribution in [-0.4, -0.2) is 31.6 Å². The predicted octanol–water partition coefficient (Wildman–Crippen LogP) is 2.69. The standard InChI is InChI=1S/C13H21ClN2O/c1-13(2,16(3)4)12(15)9-6-7-10(14)11(8-9)17-5/h6-8,12H,15H2,1-5H3. The topological polar surface area (TPSA) is 38.5 Å². The van der Waals surface area contributed by atoms with E-state index in [4.69, 9.17) is 22.1 Å². The van der Waals surface area contributed by atoms with Gasteiger partial charge in [-0.3, -0.25) is 0 Å². The van der Waals surface area contributed by atoms with Crippen LogP contribution in [0.3, 0.4) is 0 Å². The van der Waals surface area contributed by atoms with Crippen LogP contribution in [0, 0.1) is 0 Å². The summed E-state index contributed by atoms with van der Waals surface area (Å²) in [6.45, 7) is 4.22. The van der Waals surface area contributed by atoms with Crippen molar-refractivity contribution in [3.8, 4) is 5.75 Å². The Labute approximate surface area is 109 Å². The molecule has 1 aromatic rings. The number of ether oxygens (including phenoxy) is 1. The molecular formula is C13H21ClN2O. The lowest BCUT2D eigenvalue weighted by Crippen LogP contribution is -2.47. The highest BCUT2D eigenvalue weighted by atomic mass is 35.5. The zero-order valence-electron chi connectivity index (χ0n) is 11.1. The first-order chi connectivity index (χ1) is 7.80. The number of rotatable bonds is 4. The molecular weight excluding hydrogens is 236 g/mol. The maximum atomic E-state index is 6.31. The van der Waals surface area contributed by atoms with Crippen LogP contribution in [0.2, 0.25) is 5.02 Å². The first-order valence-corrected chi connectivity index (χ1v) is 5.95. The second kappa shape index (κ2) is 5.25. The Morgan fingerprint density at radius 3 is 2.41 bits per heavy atom. The van der Waals surface area contributed by atoms with Gasteiger partial charge in [0.1, 0.15) is 5.75 Å². The van der Waals surface area contributed by atoms with Crippen molar-refractivity contribution in [3.05, 3.63) is 28.8 Å². The van der Waals surface area contributed by atoms with Gasteiger partial charge in [-0.25, -0.2) is 0 Å². The highest BCUT2D eigenvalue weighted by Gasteiger charge is 2.30. The lowest BCUT2D eigenvalue weighted by atomic mass is 9.88. The molecule has 0 aromatic heterocycles. The number of hydrogen-bond donors (Lipinski definition) is 1. The molecule has 0 heterocycles. The summed E-state index contributed by atoms with van der Waals surface area (Å²) >= 11 is 6.00. The molecule has 1 unspecified atom stereocenters. The third-order valence-electron chi connectivity index (χ3n) is 3.45. The van der Waals surface area contributed by atoms with Gasteiger partial charge in [-0.1, -0.05) is 17.7 Å². The molecule has 0 radical (unpaired) electrons. The van der Waals surface area contributed by atoms with Gasteiger partial charge in [0.15, 0.2) is 0 Å². The van der Waals surface area contributed by atoms with E-state index in [0.29, 0.717) is 10.8 Å². The van der Waals surface area contributed by atoms with Crippen molar-refractivity contribution in [2.24, 2.45) is 5.73 Å². The maximum Gasteiger partial charge on any atom is 0.137 e. The van der Waals surface area contributed by atoms with Crippen molar-refractivity contribution in [2.75, 3.05) is 21.2 Å². The van der Waals surface area contributed by atoms with Crippen molar-refractivity contribution in [1.82, 2.24) is 4.90 Å². The number of nitrogens with two attached hydrogens (primary N) is 1. The molecule has 1 aromatic carbocycles. The van der Waals surface area contributed by atoms with Crippen molar-refractivity contribution < 1.29 is 4.74 Å². The number of likely N-dealkylation sites (N-methyl/N-ethyl adjacent to an activating group) is 1. The molecule has 96 valence electrons. The van der Waals surface area contributed by atoms with Gasteiger partial charge in [-0.15, -0.1) is 0 Å². The van der Waals surface area contributed by atoms with E-state index in [1.165, 1.54) is 0 Å². The fourth-order valence-electron chi connectivity index (χ4n) is 1.56. The van der Waals surface area contributed by atoms with Crippen molar-refractivity contribution in [2.45, 2.75) is 25.4 Å². The Bertz CT molecular complexity index is 391. The van der Waals surface area contributed by atoms with Gasteiger partial charge < -0.3 is 15.4 Å². The van der Waals surface area contributed by atoms with E-state index < -0.39 is 0 Å². The molecule has 0 aliphatic carbocycles. The van der Waals surface area contributed by atoms with Crippen molar-refractivity contribution in [1.29, 1.82) is 0 Å². The van der Waals surface area contributed by atoms with Crippen LogP contribution in [0.15, 0.2) is 18.2 Å². The normalized spacial score (nSPS) is 13.9. The lowest BCUT2D eigenvalue weighted by Gasteiger charge is -2.38. The van der Waals surface area contributed by atoms with Gasteiger partial charge in [-0.05, 0) is 45.6 Å². The second-order valence-electron chi connectivity index (χ2n) is 4.92. The summed E-state index contributed by atoms with van der Waals surface area (Å²) in [6.07, 6.45) is 0. The third-order valence-corrected chi connectivity index (χ3v) is 3.76. The number of halogens is 1. The average molecular weight is 257 g/mol. The predicted molar refractivity (Wildman–Crippen MR) is 72.7 cm³/mol. The first kappa shape index (κ1) is 14.3. The molecule has 4 heteroatoms. The van der Waals surface area contributed by atoms with Crippen LogP contribution < -0.4 is 10.5 Å². The van der Waals surface area contributed by atoms with E-state index >= 15 is 0 Å². The summed E-state index contributed by atoms with van der Waals surface area (Å²) in [6, 6.07) is 5.56. The van der Waals surface area contributed by atoms with Gasteiger partial charge in [0.2, 0.25) is 0 Å². The fraction of sp³-hybridized carbons (Fsp3) is 0.538. The summed E-state index contributed by atoms with van der Waals surface area (Å²) in [7, 11) is 5.65. The monoisotopic (exact) mass is 256 g/mol. The van der Waals surface area contributed by atoms with Crippen molar-refractivity contribution in [3.63, 3.8) is 0 Å². The molecule has 0 amide bonds. The number of nitrogens with zero attached hydrogens (tertiary/aromatic N) is 1. The molecule has 0 saturated carbocycles. The van der Waals surface area contributed by atoms with E-state index in [1.54, 1.807) is 7.11 Å². The Morgan fingerprint density at radius 1 is 1.35 bits per heavy atom. The minimum Gasteiger partial charge on any atom is -0.495 e. The van der Waals surface area contributed by atoms with Gasteiger partial charge in [0.05, 0.1) is 12.1 Å². The quantitative estimate of drug-likeness (QED) is 0.900. The smallest absolute Gasteiger partial charge is 0.137 e. The van der Waals surface area contributed by atoms with E-state index in [0.717, 1.165) is 5.56 Å². The van der Waals surface area contributed by atoms with E-state index in [1.807, 2.05) is 32.3 Å². The maximum absolute atomic E-state index is 6.31. The molecule has 0 fully saturated rings. The Morgan fingerprint density at radius 2 is 1.94 bits per heavy atom. The Kier molecular flexibility index (Phi) is 4.42. The summed E-state index contributed by atoms with van der Waals surface area (Å²) in [4.78, 5) is 2.11. The molecule has 1 atom stereocenters. The van der Waals surface area contributed by atoms with E-state index in [9.17, 15) is 0 Å². The van der Waals surface area contributed by atoms with Crippen LogP contribution in [0.25, 0.3) is 0 Å². The molecule has 2 N–H and O–H groups in total. The van der Waals surface area contributed by atoms with Crippen LogP contribution in [0.5, 0.6) is 5.75 Å². The van der Waals surface area contributed by atoms with Gasteiger partial charge in [0.25, 0.3) is 0 Å². The molecule has 0 bridgehead atoms. The number of hydrogen-bond acceptors (Lipinski definition) is 3. The van der Waals surface area contributed by atoms with Gasteiger partial charge in [-0.2, -0.15) is 0 Å². The first-order valence-electron chi connectivity index (χ1n) is 5.57. The molecule has 0 saturated heterocycles. The van der Waals surface area contributed by atoms with Gasteiger partial charge in [0, 0.05) is 11.6 Å². The molecule has 0 aliphatic heterocycles. The molecule has 1 rings (SSSR count). The Hall–Kier alpha value is -0.770. The zero-order chi connectivity index (χ0) is 13.2. The average Bonchev–Trinajstić information content (AvgIpc) is 2.28. The summed E-state index contributed by atoms with van der Waals surface area (Å²) in [5.74, 6) is 0.661. The second-order valence-corrected chi connectivity index (χ2v) is 5.33. The lowest BCUT2D eigenvalue weighted by molar-refractivity contribution is 0.159. The minimum absolute atomic E-state index is 0.108. The Balaban J connectivity index is 3.08. The highest BCUT2D eigenvalue weighted by molar-refractivity contribution is 6.32. The number of methoxy groups -OCH3 is 1. The molecule has 17 heavy (non-hydrogen) atoms. The van der Waals surface area contributed by atoms with Gasteiger partial charge >= 0.3 is 0 Å². The van der Waals surface area contributed by atoms with Crippen LogP contribution in [0.1, 0.15) is 25.5 Å². The SMILES string of the molecule is COc1cc(C(N)C(C)(C)N(C)C)ccc1Cl. The third kappa shape index (κ3) is 2.92. The van der Waals surface area contributed by atoms with Crippen LogP contribution in [0.4, 0.5) is 0 Å². The number of benzene rings is 1. The largest absolute Gasteiger partial charge is 0.495 e. The van der Waals surface area contributed by atoms with Crippen LogP contribution in [-0.2, 0) is 0 Å².